The third-order valence-corrected chi connectivity index (χ3v) is 5.75. The Morgan fingerprint density at radius 2 is 1.89 bits per heavy atom. The molecular formula is C21H22N2O5. The molecule has 0 saturated heterocycles. The predicted octanol–water partition coefficient (Wildman–Crippen LogP) is 1.92. The zero-order chi connectivity index (χ0) is 20.4. The fourth-order valence-electron chi connectivity index (χ4n) is 4.66. The van der Waals surface area contributed by atoms with Gasteiger partial charge in [-0.3, -0.25) is 9.59 Å². The number of likely N-dealkylation sites (N-methyl/N-ethyl adjacent to an activating group) is 1. The number of ether oxygens (including phenoxy) is 2. The van der Waals surface area contributed by atoms with Crippen LogP contribution in [0.15, 0.2) is 47.1 Å². The molecular weight excluding hydrogens is 360 g/mol. The SMILES string of the molecule is COC(=O)C1=C(N)OC2=C(C(=O)CC(C)(C)C2)[C@@]12C(=O)N(C)c1ccccc12. The molecule has 1 atom stereocenters. The molecule has 146 valence electrons. The highest BCUT2D eigenvalue weighted by Gasteiger charge is 2.64. The lowest BCUT2D eigenvalue weighted by molar-refractivity contribution is -0.139. The summed E-state index contributed by atoms with van der Waals surface area (Å²) in [5.41, 5.74) is 5.38. The van der Waals surface area contributed by atoms with E-state index in [-0.39, 0.29) is 34.6 Å². The van der Waals surface area contributed by atoms with Crippen LogP contribution in [0.1, 0.15) is 32.3 Å². The molecule has 0 fully saturated rings. The van der Waals surface area contributed by atoms with Crippen LogP contribution in [-0.2, 0) is 29.3 Å². The zero-order valence-corrected chi connectivity index (χ0v) is 16.3. The monoisotopic (exact) mass is 382 g/mol. The number of fused-ring (bicyclic) bond motifs is 3. The number of Topliss-reactive ketones (excluding diaryl/α,β-unsaturated/α-hetero) is 1. The van der Waals surface area contributed by atoms with Gasteiger partial charge in [-0.1, -0.05) is 32.0 Å². The quantitative estimate of drug-likeness (QED) is 0.745. The highest BCUT2D eigenvalue weighted by molar-refractivity contribution is 6.23. The van der Waals surface area contributed by atoms with Crippen molar-refractivity contribution in [2.45, 2.75) is 32.1 Å². The van der Waals surface area contributed by atoms with E-state index in [1.54, 1.807) is 31.3 Å². The Balaban J connectivity index is 2.12. The summed E-state index contributed by atoms with van der Waals surface area (Å²) in [6, 6.07) is 7.09. The second-order valence-corrected chi connectivity index (χ2v) is 8.20. The Morgan fingerprint density at radius 3 is 2.57 bits per heavy atom. The van der Waals surface area contributed by atoms with Crippen LogP contribution in [0.3, 0.4) is 0 Å². The van der Waals surface area contributed by atoms with Gasteiger partial charge in [-0.15, -0.1) is 0 Å². The van der Waals surface area contributed by atoms with Gasteiger partial charge in [-0.2, -0.15) is 0 Å². The van der Waals surface area contributed by atoms with Crippen LogP contribution in [0.2, 0.25) is 0 Å². The van der Waals surface area contributed by atoms with Crippen molar-refractivity contribution < 1.29 is 23.9 Å². The van der Waals surface area contributed by atoms with Crippen LogP contribution in [-0.4, -0.2) is 31.8 Å². The third kappa shape index (κ3) is 2.13. The van der Waals surface area contributed by atoms with Crippen LogP contribution in [0, 0.1) is 5.41 Å². The number of allylic oxidation sites excluding steroid dienone is 1. The van der Waals surface area contributed by atoms with E-state index < -0.39 is 17.3 Å². The first-order valence-electron chi connectivity index (χ1n) is 9.06. The first kappa shape index (κ1) is 18.3. The number of hydrogen-bond donors (Lipinski definition) is 1. The molecule has 0 saturated carbocycles. The van der Waals surface area contributed by atoms with E-state index in [1.165, 1.54) is 12.0 Å². The van der Waals surface area contributed by atoms with Crippen molar-refractivity contribution >= 4 is 23.3 Å². The summed E-state index contributed by atoms with van der Waals surface area (Å²) < 4.78 is 10.7. The van der Waals surface area contributed by atoms with Crippen LogP contribution < -0.4 is 10.6 Å². The molecule has 4 rings (SSSR count). The number of amides is 1. The van der Waals surface area contributed by atoms with E-state index in [0.29, 0.717) is 23.4 Å². The average Bonchev–Trinajstić information content (AvgIpc) is 2.83. The van der Waals surface area contributed by atoms with Gasteiger partial charge in [0.2, 0.25) is 11.8 Å². The van der Waals surface area contributed by atoms with E-state index in [4.69, 9.17) is 15.2 Å². The molecule has 2 N–H and O–H groups in total. The lowest BCUT2D eigenvalue weighted by Crippen LogP contribution is -2.51. The smallest absolute Gasteiger partial charge is 0.340 e. The minimum atomic E-state index is -1.65. The summed E-state index contributed by atoms with van der Waals surface area (Å²) in [5.74, 6) is -1.28. The molecule has 7 heteroatoms. The van der Waals surface area contributed by atoms with E-state index in [1.807, 2.05) is 13.8 Å². The Bertz CT molecular complexity index is 1000. The molecule has 1 spiro atoms. The molecule has 1 aromatic carbocycles. The topological polar surface area (TPSA) is 98.9 Å². The van der Waals surface area contributed by atoms with Crippen molar-refractivity contribution in [3.63, 3.8) is 0 Å². The number of esters is 1. The fraction of sp³-hybridized carbons (Fsp3) is 0.381. The molecule has 1 amide bonds. The maximum absolute atomic E-state index is 13.7. The summed E-state index contributed by atoms with van der Waals surface area (Å²) in [6.07, 6.45) is 0.675. The molecule has 0 aromatic heterocycles. The van der Waals surface area contributed by atoms with E-state index in [2.05, 4.69) is 0 Å². The molecule has 0 unspecified atom stereocenters. The molecule has 2 aliphatic heterocycles. The number of ketones is 1. The summed E-state index contributed by atoms with van der Waals surface area (Å²) in [4.78, 5) is 41.2. The lowest BCUT2D eigenvalue weighted by Gasteiger charge is -2.42. The number of hydrogen-bond acceptors (Lipinski definition) is 6. The van der Waals surface area contributed by atoms with Crippen LogP contribution in [0.4, 0.5) is 5.69 Å². The van der Waals surface area contributed by atoms with Gasteiger partial charge in [0.15, 0.2) is 5.78 Å². The molecule has 0 bridgehead atoms. The van der Waals surface area contributed by atoms with E-state index in [9.17, 15) is 14.4 Å². The number of methoxy groups -OCH3 is 1. The molecule has 7 nitrogen and oxygen atoms in total. The minimum Gasteiger partial charge on any atom is -0.465 e. The van der Waals surface area contributed by atoms with Gasteiger partial charge in [0.1, 0.15) is 16.7 Å². The standard InChI is InChI=1S/C21H22N2O5/c1-20(2)9-13(24)15-14(10-20)28-17(22)16(18(25)27-4)21(15)11-7-5-6-8-12(11)23(3)19(21)26/h5-8H,9-10,22H2,1-4H3/t21-/m1/s1. The minimum absolute atomic E-state index is 0.136. The number of anilines is 1. The van der Waals surface area contributed by atoms with Crippen molar-refractivity contribution in [3.8, 4) is 0 Å². The van der Waals surface area contributed by atoms with Gasteiger partial charge in [0.25, 0.3) is 0 Å². The van der Waals surface area contributed by atoms with Gasteiger partial charge in [0, 0.05) is 31.1 Å². The molecule has 0 radical (unpaired) electrons. The summed E-state index contributed by atoms with van der Waals surface area (Å²) in [5, 5.41) is 0. The maximum atomic E-state index is 13.7. The lowest BCUT2D eigenvalue weighted by atomic mass is 9.62. The maximum Gasteiger partial charge on any atom is 0.340 e. The van der Waals surface area contributed by atoms with Gasteiger partial charge >= 0.3 is 5.97 Å². The fourth-order valence-corrected chi connectivity index (χ4v) is 4.66. The summed E-state index contributed by atoms with van der Waals surface area (Å²) >= 11 is 0. The van der Waals surface area contributed by atoms with Crippen LogP contribution in [0.25, 0.3) is 0 Å². The third-order valence-electron chi connectivity index (χ3n) is 5.75. The predicted molar refractivity (Wildman–Crippen MR) is 101 cm³/mol. The highest BCUT2D eigenvalue weighted by Crippen LogP contribution is 2.57. The highest BCUT2D eigenvalue weighted by atomic mass is 16.5. The number of rotatable bonds is 1. The zero-order valence-electron chi connectivity index (χ0n) is 16.3. The second-order valence-electron chi connectivity index (χ2n) is 8.20. The van der Waals surface area contributed by atoms with Gasteiger partial charge in [-0.25, -0.2) is 4.79 Å². The normalized spacial score (nSPS) is 25.6. The Hall–Kier alpha value is -3.09. The number of benzene rings is 1. The van der Waals surface area contributed by atoms with Gasteiger partial charge in [0.05, 0.1) is 12.7 Å². The Morgan fingerprint density at radius 1 is 1.21 bits per heavy atom. The van der Waals surface area contributed by atoms with Crippen molar-refractivity contribution in [2.75, 3.05) is 19.1 Å². The van der Waals surface area contributed by atoms with E-state index >= 15 is 0 Å². The van der Waals surface area contributed by atoms with Crippen molar-refractivity contribution in [1.29, 1.82) is 0 Å². The average molecular weight is 382 g/mol. The Labute approximate surface area is 162 Å². The first-order chi connectivity index (χ1) is 13.1. The van der Waals surface area contributed by atoms with Gasteiger partial charge in [-0.05, 0) is 11.5 Å². The van der Waals surface area contributed by atoms with E-state index in [0.717, 1.165) is 0 Å². The number of carbonyl (C=O) groups is 3. The summed E-state index contributed by atoms with van der Waals surface area (Å²) in [6.45, 7) is 3.91. The molecule has 1 aliphatic carbocycles. The van der Waals surface area contributed by atoms with Crippen molar-refractivity contribution in [3.05, 3.63) is 52.6 Å². The molecule has 1 aromatic rings. The Kier molecular flexibility index (Phi) is 3.72. The number of nitrogens with two attached hydrogens (primary N) is 1. The molecule has 3 aliphatic rings. The van der Waals surface area contributed by atoms with Crippen LogP contribution in [0.5, 0.6) is 0 Å². The van der Waals surface area contributed by atoms with Crippen molar-refractivity contribution in [1.82, 2.24) is 0 Å². The van der Waals surface area contributed by atoms with Gasteiger partial charge < -0.3 is 20.1 Å². The van der Waals surface area contributed by atoms with Crippen molar-refractivity contribution in [2.24, 2.45) is 11.1 Å². The molecule has 2 heterocycles. The first-order valence-corrected chi connectivity index (χ1v) is 9.06. The van der Waals surface area contributed by atoms with Crippen LogP contribution >= 0.6 is 0 Å². The summed E-state index contributed by atoms with van der Waals surface area (Å²) in [7, 11) is 2.83. The number of para-hydroxylation sites is 1. The largest absolute Gasteiger partial charge is 0.465 e. The number of nitrogens with zero attached hydrogens (tertiary/aromatic N) is 1. The molecule has 28 heavy (non-hydrogen) atoms. The number of carbonyl (C=O) groups excluding carboxylic acids is 3. The second kappa shape index (κ2) is 5.70.